The molecule has 1 aliphatic rings. The highest BCUT2D eigenvalue weighted by Crippen LogP contribution is 2.35. The fourth-order valence-corrected chi connectivity index (χ4v) is 3.50. The van der Waals surface area contributed by atoms with Crippen LogP contribution in [0.25, 0.3) is 0 Å². The summed E-state index contributed by atoms with van der Waals surface area (Å²) in [6.45, 7) is 2.67. The molecule has 0 radical (unpaired) electrons. The van der Waals surface area contributed by atoms with Gasteiger partial charge in [0.25, 0.3) is 0 Å². The Labute approximate surface area is 121 Å². The summed E-state index contributed by atoms with van der Waals surface area (Å²) in [6.07, 6.45) is 4.46. The molecule has 0 saturated heterocycles. The molecule has 1 unspecified atom stereocenters. The molecule has 2 aromatic rings. The van der Waals surface area contributed by atoms with Gasteiger partial charge in [-0.1, -0.05) is 0 Å². The second-order valence-corrected chi connectivity index (χ2v) is 5.81. The minimum atomic E-state index is -0.408. The van der Waals surface area contributed by atoms with Crippen LogP contribution in [0.5, 0.6) is 0 Å². The Morgan fingerprint density at radius 2 is 2.40 bits per heavy atom. The van der Waals surface area contributed by atoms with E-state index in [9.17, 15) is 4.39 Å². The summed E-state index contributed by atoms with van der Waals surface area (Å²) in [7, 11) is 0. The van der Waals surface area contributed by atoms with Crippen molar-refractivity contribution >= 4 is 23.1 Å². The Morgan fingerprint density at radius 3 is 3.25 bits per heavy atom. The summed E-state index contributed by atoms with van der Waals surface area (Å²) in [5, 5.41) is 8.33. The van der Waals surface area contributed by atoms with Crippen molar-refractivity contribution in [2.75, 3.05) is 17.2 Å². The van der Waals surface area contributed by atoms with Gasteiger partial charge in [-0.2, -0.15) is 4.98 Å². The highest BCUT2D eigenvalue weighted by atomic mass is 32.1. The highest BCUT2D eigenvalue weighted by Gasteiger charge is 2.22. The van der Waals surface area contributed by atoms with Crippen molar-refractivity contribution in [3.05, 3.63) is 33.9 Å². The summed E-state index contributed by atoms with van der Waals surface area (Å²) in [6, 6.07) is 2.27. The molecular weight excluding hydrogens is 275 g/mol. The lowest BCUT2D eigenvalue weighted by Gasteiger charge is -2.24. The van der Waals surface area contributed by atoms with Crippen molar-refractivity contribution in [3.63, 3.8) is 0 Å². The van der Waals surface area contributed by atoms with Gasteiger partial charge < -0.3 is 10.6 Å². The highest BCUT2D eigenvalue weighted by molar-refractivity contribution is 7.10. The molecule has 2 heterocycles. The van der Waals surface area contributed by atoms with Gasteiger partial charge in [0.1, 0.15) is 0 Å². The van der Waals surface area contributed by atoms with E-state index in [-0.39, 0.29) is 11.9 Å². The number of hydrogen-bond donors (Lipinski definition) is 2. The summed E-state index contributed by atoms with van der Waals surface area (Å²) in [5.41, 5.74) is 1.28. The van der Waals surface area contributed by atoms with Gasteiger partial charge in [-0.15, -0.1) is 11.3 Å². The first-order chi connectivity index (χ1) is 9.78. The minimum absolute atomic E-state index is 0.142. The summed E-state index contributed by atoms with van der Waals surface area (Å²) >= 11 is 1.78. The molecule has 0 aliphatic heterocycles. The average molecular weight is 292 g/mol. The van der Waals surface area contributed by atoms with E-state index in [1.807, 2.05) is 6.92 Å². The maximum Gasteiger partial charge on any atom is 0.224 e. The minimum Gasteiger partial charge on any atom is -0.361 e. The van der Waals surface area contributed by atoms with Crippen molar-refractivity contribution in [3.8, 4) is 0 Å². The van der Waals surface area contributed by atoms with Crippen LogP contribution in [0.15, 0.2) is 17.6 Å². The Bertz CT molecular complexity index is 599. The maximum absolute atomic E-state index is 13.9. The molecule has 20 heavy (non-hydrogen) atoms. The van der Waals surface area contributed by atoms with Gasteiger partial charge in [0.15, 0.2) is 11.6 Å². The molecule has 0 bridgehead atoms. The third kappa shape index (κ3) is 2.60. The number of nitrogens with one attached hydrogen (secondary N) is 2. The molecule has 0 fully saturated rings. The van der Waals surface area contributed by atoms with Crippen LogP contribution < -0.4 is 10.6 Å². The molecule has 0 aromatic carbocycles. The van der Waals surface area contributed by atoms with Crippen LogP contribution in [0.3, 0.4) is 0 Å². The van der Waals surface area contributed by atoms with Crippen molar-refractivity contribution in [1.29, 1.82) is 0 Å². The van der Waals surface area contributed by atoms with Gasteiger partial charge in [0, 0.05) is 11.4 Å². The lowest BCUT2D eigenvalue weighted by atomic mass is 9.94. The van der Waals surface area contributed by atoms with Crippen molar-refractivity contribution in [2.45, 2.75) is 32.2 Å². The normalized spacial score (nSPS) is 17.6. The number of aryl methyl sites for hydroxylation is 1. The first-order valence-corrected chi connectivity index (χ1v) is 7.75. The molecule has 1 atom stereocenters. The molecule has 106 valence electrons. The van der Waals surface area contributed by atoms with Crippen LogP contribution in [0, 0.1) is 5.82 Å². The second-order valence-electron chi connectivity index (χ2n) is 4.81. The second kappa shape index (κ2) is 5.75. The van der Waals surface area contributed by atoms with E-state index in [4.69, 9.17) is 0 Å². The summed E-state index contributed by atoms with van der Waals surface area (Å²) in [4.78, 5) is 9.53. The number of fused-ring (bicyclic) bond motifs is 1. The largest absolute Gasteiger partial charge is 0.361 e. The van der Waals surface area contributed by atoms with Gasteiger partial charge >= 0.3 is 0 Å². The zero-order chi connectivity index (χ0) is 13.9. The number of rotatable bonds is 4. The molecule has 4 nitrogen and oxygen atoms in total. The first-order valence-electron chi connectivity index (χ1n) is 6.87. The SMILES string of the molecule is CCNc1ncc(F)c(NC2CCCc3sccc32)n1. The number of nitrogens with zero attached hydrogens (tertiary/aromatic N) is 2. The smallest absolute Gasteiger partial charge is 0.224 e. The number of anilines is 2. The van der Waals surface area contributed by atoms with Gasteiger partial charge in [-0.05, 0) is 43.2 Å². The summed E-state index contributed by atoms with van der Waals surface area (Å²) < 4.78 is 13.9. The summed E-state index contributed by atoms with van der Waals surface area (Å²) in [5.74, 6) is 0.326. The molecule has 0 saturated carbocycles. The molecule has 2 aromatic heterocycles. The Balaban J connectivity index is 1.83. The van der Waals surface area contributed by atoms with Gasteiger partial charge in [0.2, 0.25) is 5.95 Å². The van der Waals surface area contributed by atoms with Gasteiger partial charge in [-0.25, -0.2) is 9.37 Å². The number of aromatic nitrogens is 2. The van der Waals surface area contributed by atoms with Crippen molar-refractivity contribution < 1.29 is 4.39 Å². The Morgan fingerprint density at radius 1 is 1.50 bits per heavy atom. The third-order valence-corrected chi connectivity index (χ3v) is 4.44. The lowest BCUT2D eigenvalue weighted by Crippen LogP contribution is -2.18. The molecular formula is C14H17FN4S. The zero-order valence-electron chi connectivity index (χ0n) is 11.3. The zero-order valence-corrected chi connectivity index (χ0v) is 12.1. The predicted octanol–water partition coefficient (Wildman–Crippen LogP) is 3.60. The Kier molecular flexibility index (Phi) is 3.82. The molecule has 0 amide bonds. The standard InChI is InChI=1S/C14H17FN4S/c1-2-16-14-17-8-10(15)13(19-14)18-11-4-3-5-12-9(11)6-7-20-12/h6-8,11H,2-5H2,1H3,(H2,16,17,18,19). The van der Waals surface area contributed by atoms with Crippen LogP contribution in [0.2, 0.25) is 0 Å². The predicted molar refractivity (Wildman–Crippen MR) is 79.8 cm³/mol. The van der Waals surface area contributed by atoms with E-state index in [0.29, 0.717) is 12.5 Å². The molecule has 1 aliphatic carbocycles. The van der Waals surface area contributed by atoms with E-state index in [1.165, 1.54) is 16.6 Å². The number of thiophene rings is 1. The van der Waals surface area contributed by atoms with Crippen LogP contribution in [0.1, 0.15) is 36.2 Å². The fourth-order valence-electron chi connectivity index (χ4n) is 2.51. The van der Waals surface area contributed by atoms with Crippen LogP contribution >= 0.6 is 11.3 Å². The van der Waals surface area contributed by atoms with Crippen LogP contribution in [0.4, 0.5) is 16.2 Å². The third-order valence-electron chi connectivity index (χ3n) is 3.44. The monoisotopic (exact) mass is 292 g/mol. The topological polar surface area (TPSA) is 49.8 Å². The first kappa shape index (κ1) is 13.3. The van der Waals surface area contributed by atoms with E-state index in [2.05, 4.69) is 32.0 Å². The van der Waals surface area contributed by atoms with Crippen molar-refractivity contribution in [1.82, 2.24) is 9.97 Å². The lowest BCUT2D eigenvalue weighted by molar-refractivity contribution is 0.584. The fraction of sp³-hybridized carbons (Fsp3) is 0.429. The van der Waals surface area contributed by atoms with Crippen molar-refractivity contribution in [2.24, 2.45) is 0 Å². The molecule has 2 N–H and O–H groups in total. The van der Waals surface area contributed by atoms with Crippen LogP contribution in [-0.4, -0.2) is 16.5 Å². The van der Waals surface area contributed by atoms with E-state index < -0.39 is 5.82 Å². The quantitative estimate of drug-likeness (QED) is 0.904. The number of hydrogen-bond acceptors (Lipinski definition) is 5. The van der Waals surface area contributed by atoms with Gasteiger partial charge in [-0.3, -0.25) is 0 Å². The maximum atomic E-state index is 13.9. The molecule has 3 rings (SSSR count). The Hall–Kier alpha value is -1.69. The number of halogens is 1. The van der Waals surface area contributed by atoms with E-state index in [0.717, 1.165) is 19.3 Å². The van der Waals surface area contributed by atoms with E-state index >= 15 is 0 Å². The molecule has 0 spiro atoms. The molecule has 6 heteroatoms. The van der Waals surface area contributed by atoms with E-state index in [1.54, 1.807) is 11.3 Å². The van der Waals surface area contributed by atoms with Gasteiger partial charge in [0.05, 0.1) is 12.2 Å². The van der Waals surface area contributed by atoms with Crippen LogP contribution in [-0.2, 0) is 6.42 Å². The average Bonchev–Trinajstić information content (AvgIpc) is 2.92.